The molecule has 2 nitrogen and oxygen atoms in total. The molecule has 1 aliphatic rings. The van der Waals surface area contributed by atoms with Gasteiger partial charge in [0.05, 0.1) is 11.3 Å². The molecule has 0 amide bonds. The number of rotatable bonds is 2. The summed E-state index contributed by atoms with van der Waals surface area (Å²) >= 11 is 0. The SMILES string of the molecule is FC(F)(F)c1ccc(C2C=C(c3ccccc3)NO2)cc1. The van der Waals surface area contributed by atoms with Crippen LogP contribution >= 0.6 is 0 Å². The van der Waals surface area contributed by atoms with Gasteiger partial charge < -0.3 is 0 Å². The second kappa shape index (κ2) is 5.26. The second-order valence-corrected chi connectivity index (χ2v) is 4.71. The summed E-state index contributed by atoms with van der Waals surface area (Å²) in [5, 5.41) is 0. The fourth-order valence-electron chi connectivity index (χ4n) is 2.15. The van der Waals surface area contributed by atoms with Gasteiger partial charge in [-0.3, -0.25) is 10.3 Å². The highest BCUT2D eigenvalue weighted by molar-refractivity contribution is 5.65. The van der Waals surface area contributed by atoms with E-state index in [0.717, 1.165) is 23.4 Å². The molecule has 5 heteroatoms. The van der Waals surface area contributed by atoms with Gasteiger partial charge in [0.15, 0.2) is 0 Å². The maximum atomic E-state index is 12.5. The predicted molar refractivity (Wildman–Crippen MR) is 72.8 cm³/mol. The third-order valence-corrected chi connectivity index (χ3v) is 3.27. The first kappa shape index (κ1) is 13.7. The Morgan fingerprint density at radius 3 is 2.19 bits per heavy atom. The number of hydrogen-bond acceptors (Lipinski definition) is 2. The number of nitrogens with one attached hydrogen (secondary N) is 1. The van der Waals surface area contributed by atoms with E-state index < -0.39 is 17.8 Å². The minimum Gasteiger partial charge on any atom is -0.266 e. The maximum Gasteiger partial charge on any atom is 0.416 e. The molecule has 2 aromatic carbocycles. The van der Waals surface area contributed by atoms with Crippen molar-refractivity contribution in [2.75, 3.05) is 0 Å². The fraction of sp³-hybridized carbons (Fsp3) is 0.125. The number of hydroxylamine groups is 1. The van der Waals surface area contributed by atoms with Gasteiger partial charge in [-0.1, -0.05) is 42.5 Å². The van der Waals surface area contributed by atoms with Gasteiger partial charge in [-0.05, 0) is 29.3 Å². The summed E-state index contributed by atoms with van der Waals surface area (Å²) in [7, 11) is 0. The molecule has 21 heavy (non-hydrogen) atoms. The van der Waals surface area contributed by atoms with Gasteiger partial charge in [-0.2, -0.15) is 13.2 Å². The van der Waals surface area contributed by atoms with Crippen LogP contribution in [0.2, 0.25) is 0 Å². The van der Waals surface area contributed by atoms with Gasteiger partial charge in [-0.15, -0.1) is 0 Å². The zero-order chi connectivity index (χ0) is 14.9. The lowest BCUT2D eigenvalue weighted by Crippen LogP contribution is -2.08. The molecule has 1 unspecified atom stereocenters. The first-order valence-corrected chi connectivity index (χ1v) is 6.40. The van der Waals surface area contributed by atoms with E-state index in [1.54, 1.807) is 0 Å². The standard InChI is InChI=1S/C16H12F3NO/c17-16(18,19)13-8-6-12(7-9-13)15-10-14(20-21-15)11-4-2-1-3-5-11/h1-10,15,20H. The van der Waals surface area contributed by atoms with Crippen LogP contribution in [-0.2, 0) is 11.0 Å². The predicted octanol–water partition coefficient (Wildman–Crippen LogP) is 4.32. The summed E-state index contributed by atoms with van der Waals surface area (Å²) in [5.41, 5.74) is 4.58. The second-order valence-electron chi connectivity index (χ2n) is 4.71. The molecule has 0 bridgehead atoms. The molecule has 0 aliphatic carbocycles. The monoisotopic (exact) mass is 291 g/mol. The Balaban J connectivity index is 1.81. The molecular formula is C16H12F3NO. The summed E-state index contributed by atoms with van der Waals surface area (Å²) < 4.78 is 37.6. The molecule has 0 radical (unpaired) electrons. The van der Waals surface area contributed by atoms with Crippen molar-refractivity contribution in [3.63, 3.8) is 0 Å². The van der Waals surface area contributed by atoms with Gasteiger partial charge in [0.1, 0.15) is 6.10 Å². The molecule has 1 atom stereocenters. The van der Waals surface area contributed by atoms with E-state index in [4.69, 9.17) is 4.84 Å². The number of halogens is 3. The van der Waals surface area contributed by atoms with Crippen LogP contribution in [-0.4, -0.2) is 0 Å². The first-order valence-electron chi connectivity index (χ1n) is 6.40. The van der Waals surface area contributed by atoms with E-state index in [0.29, 0.717) is 5.56 Å². The Morgan fingerprint density at radius 2 is 1.57 bits per heavy atom. The summed E-state index contributed by atoms with van der Waals surface area (Å²) in [6.45, 7) is 0. The lowest BCUT2D eigenvalue weighted by Gasteiger charge is -2.10. The Hall–Kier alpha value is -2.27. The average molecular weight is 291 g/mol. The highest BCUT2D eigenvalue weighted by atomic mass is 19.4. The molecule has 0 fully saturated rings. The van der Waals surface area contributed by atoms with E-state index in [1.807, 2.05) is 36.4 Å². The van der Waals surface area contributed by atoms with E-state index >= 15 is 0 Å². The van der Waals surface area contributed by atoms with Crippen LogP contribution in [0.25, 0.3) is 5.70 Å². The van der Waals surface area contributed by atoms with Crippen LogP contribution < -0.4 is 5.48 Å². The molecule has 0 aromatic heterocycles. The quantitative estimate of drug-likeness (QED) is 0.889. The van der Waals surface area contributed by atoms with Gasteiger partial charge in [-0.25, -0.2) is 0 Å². The Labute approximate surface area is 119 Å². The van der Waals surface area contributed by atoms with Gasteiger partial charge in [0.2, 0.25) is 0 Å². The maximum absolute atomic E-state index is 12.5. The Bertz CT molecular complexity index is 647. The van der Waals surface area contributed by atoms with Crippen LogP contribution in [0.15, 0.2) is 60.7 Å². The van der Waals surface area contributed by atoms with Crippen molar-refractivity contribution in [1.82, 2.24) is 5.48 Å². The zero-order valence-corrected chi connectivity index (χ0v) is 10.9. The molecule has 3 rings (SSSR count). The van der Waals surface area contributed by atoms with Crippen molar-refractivity contribution in [3.8, 4) is 0 Å². The molecule has 0 saturated heterocycles. The van der Waals surface area contributed by atoms with Gasteiger partial charge in [0, 0.05) is 0 Å². The zero-order valence-electron chi connectivity index (χ0n) is 10.9. The summed E-state index contributed by atoms with van der Waals surface area (Å²) in [5.74, 6) is 0. The van der Waals surface area contributed by atoms with Crippen molar-refractivity contribution in [2.24, 2.45) is 0 Å². The largest absolute Gasteiger partial charge is 0.416 e. The van der Waals surface area contributed by atoms with Crippen LogP contribution in [0.5, 0.6) is 0 Å². The number of benzene rings is 2. The number of alkyl halides is 3. The smallest absolute Gasteiger partial charge is 0.266 e. The Kier molecular flexibility index (Phi) is 3.43. The van der Waals surface area contributed by atoms with Crippen LogP contribution in [0.4, 0.5) is 13.2 Å². The molecular weight excluding hydrogens is 279 g/mol. The highest BCUT2D eigenvalue weighted by Gasteiger charge is 2.30. The Morgan fingerprint density at radius 1 is 0.905 bits per heavy atom. The lowest BCUT2D eigenvalue weighted by molar-refractivity contribution is -0.137. The minimum absolute atomic E-state index is 0.400. The third-order valence-electron chi connectivity index (χ3n) is 3.27. The van der Waals surface area contributed by atoms with Crippen LogP contribution in [0.1, 0.15) is 22.8 Å². The van der Waals surface area contributed by atoms with Crippen molar-refractivity contribution < 1.29 is 18.0 Å². The lowest BCUT2D eigenvalue weighted by atomic mass is 10.0. The van der Waals surface area contributed by atoms with Crippen molar-refractivity contribution in [2.45, 2.75) is 12.3 Å². The van der Waals surface area contributed by atoms with Gasteiger partial charge in [0.25, 0.3) is 0 Å². The van der Waals surface area contributed by atoms with Crippen molar-refractivity contribution in [1.29, 1.82) is 0 Å². The highest BCUT2D eigenvalue weighted by Crippen LogP contribution is 2.32. The van der Waals surface area contributed by atoms with Crippen molar-refractivity contribution >= 4 is 5.70 Å². The molecule has 2 aromatic rings. The number of hydrogen-bond donors (Lipinski definition) is 1. The third kappa shape index (κ3) is 2.92. The molecule has 1 aliphatic heterocycles. The van der Waals surface area contributed by atoms with Gasteiger partial charge >= 0.3 is 6.18 Å². The first-order chi connectivity index (χ1) is 10.0. The topological polar surface area (TPSA) is 21.3 Å². The minimum atomic E-state index is -4.32. The van der Waals surface area contributed by atoms with Crippen molar-refractivity contribution in [3.05, 3.63) is 77.4 Å². The van der Waals surface area contributed by atoms with E-state index in [-0.39, 0.29) is 0 Å². The summed E-state index contributed by atoms with van der Waals surface area (Å²) in [6, 6.07) is 14.6. The summed E-state index contributed by atoms with van der Waals surface area (Å²) in [6.07, 6.45) is -2.88. The summed E-state index contributed by atoms with van der Waals surface area (Å²) in [4.78, 5) is 5.41. The molecule has 1 heterocycles. The normalized spacial score (nSPS) is 18.2. The molecule has 0 saturated carbocycles. The van der Waals surface area contributed by atoms with Crippen LogP contribution in [0, 0.1) is 0 Å². The fourth-order valence-corrected chi connectivity index (χ4v) is 2.15. The van der Waals surface area contributed by atoms with E-state index in [1.165, 1.54) is 12.1 Å². The molecule has 0 spiro atoms. The van der Waals surface area contributed by atoms with E-state index in [9.17, 15) is 13.2 Å². The molecule has 1 N–H and O–H groups in total. The molecule has 108 valence electrons. The van der Waals surface area contributed by atoms with Crippen LogP contribution in [0.3, 0.4) is 0 Å². The average Bonchev–Trinajstić information content (AvgIpc) is 2.97. The van der Waals surface area contributed by atoms with E-state index in [2.05, 4.69) is 5.48 Å².